The number of halogens is 2. The number of benzene rings is 2. The van der Waals surface area contributed by atoms with E-state index in [-0.39, 0.29) is 11.3 Å². The molecule has 1 unspecified atom stereocenters. The zero-order valence-corrected chi connectivity index (χ0v) is 15.3. The van der Waals surface area contributed by atoms with Crippen LogP contribution in [0.3, 0.4) is 0 Å². The number of ether oxygens (including phenoxy) is 1. The van der Waals surface area contributed by atoms with Gasteiger partial charge >= 0.3 is 0 Å². The second kappa shape index (κ2) is 7.68. The minimum atomic E-state index is -2.31. The third-order valence-corrected chi connectivity index (χ3v) is 5.24. The molecule has 0 aromatic heterocycles. The molecule has 0 N–H and O–H groups in total. The number of hydrogen-bond donors (Lipinski definition) is 0. The first kappa shape index (κ1) is 18.1. The third kappa shape index (κ3) is 3.94. The van der Waals surface area contributed by atoms with Crippen molar-refractivity contribution in [2.24, 2.45) is 0 Å². The van der Waals surface area contributed by atoms with Gasteiger partial charge in [0, 0.05) is 5.75 Å². The Kier molecular flexibility index (Phi) is 5.57. The molecule has 0 heterocycles. The predicted molar refractivity (Wildman–Crippen MR) is 97.7 cm³/mol. The summed E-state index contributed by atoms with van der Waals surface area (Å²) >= 11 is 3.92. The summed E-state index contributed by atoms with van der Waals surface area (Å²) in [7, 11) is 1.57. The van der Waals surface area contributed by atoms with Crippen LogP contribution in [0.1, 0.15) is 36.0 Å². The van der Waals surface area contributed by atoms with Gasteiger partial charge in [0.15, 0.2) is 0 Å². The number of rotatable bonds is 5. The van der Waals surface area contributed by atoms with Gasteiger partial charge < -0.3 is 9.29 Å². The van der Waals surface area contributed by atoms with Gasteiger partial charge in [0.2, 0.25) is 0 Å². The van der Waals surface area contributed by atoms with Gasteiger partial charge in [0.05, 0.1) is 12.1 Å². The molecule has 0 spiro atoms. The second-order valence-corrected chi connectivity index (χ2v) is 7.22. The van der Waals surface area contributed by atoms with Crippen molar-refractivity contribution in [3.63, 3.8) is 0 Å². The van der Waals surface area contributed by atoms with E-state index in [4.69, 9.17) is 16.3 Å². The molecule has 25 heavy (non-hydrogen) atoms. The second-order valence-electron chi connectivity index (χ2n) is 5.91. The van der Waals surface area contributed by atoms with Crippen molar-refractivity contribution in [3.05, 3.63) is 63.9 Å². The highest BCUT2D eigenvalue weighted by atomic mass is 35.5. The minimum absolute atomic E-state index is 0.185. The van der Waals surface area contributed by atoms with Crippen molar-refractivity contribution in [2.75, 3.05) is 7.11 Å². The Bertz CT molecular complexity index is 864. The third-order valence-electron chi connectivity index (χ3n) is 4.39. The van der Waals surface area contributed by atoms with Gasteiger partial charge in [-0.2, -0.15) is 0 Å². The van der Waals surface area contributed by atoms with E-state index in [0.717, 1.165) is 41.5 Å². The van der Waals surface area contributed by atoms with E-state index in [1.165, 1.54) is 6.07 Å². The lowest BCUT2D eigenvalue weighted by Gasteiger charge is -2.12. The smallest absolute Gasteiger partial charge is 0.137 e. The van der Waals surface area contributed by atoms with Crippen molar-refractivity contribution < 1.29 is 17.9 Å². The lowest BCUT2D eigenvalue weighted by atomic mass is 9.96. The summed E-state index contributed by atoms with van der Waals surface area (Å²) in [5.74, 6) is -0.189. The van der Waals surface area contributed by atoms with Crippen LogP contribution in [0.25, 0.3) is 11.1 Å². The molecule has 0 saturated carbocycles. The fourth-order valence-corrected chi connectivity index (χ4v) is 3.96. The minimum Gasteiger partial charge on any atom is -0.772 e. The molecule has 0 amide bonds. The standard InChI is InChI=1S/C19H18ClFO3S/c1-24-19-8-7-12(9-17(19)20)15-3-2-4-16(15)13-5-6-14(11-25(22)23)18(21)10-13/h5-10H,2-4,11H2,1H3,(H,22,23)/p-1. The van der Waals surface area contributed by atoms with E-state index in [9.17, 15) is 13.2 Å². The van der Waals surface area contributed by atoms with E-state index in [1.807, 2.05) is 18.2 Å². The molecule has 3 rings (SSSR count). The summed E-state index contributed by atoms with van der Waals surface area (Å²) in [4.78, 5) is 0. The molecule has 1 aliphatic carbocycles. The Morgan fingerprint density at radius 3 is 2.36 bits per heavy atom. The molecule has 0 bridgehead atoms. The highest BCUT2D eigenvalue weighted by Gasteiger charge is 2.19. The van der Waals surface area contributed by atoms with E-state index >= 15 is 0 Å². The van der Waals surface area contributed by atoms with E-state index in [0.29, 0.717) is 10.8 Å². The SMILES string of the molecule is COc1ccc(C2=C(c3ccc(CS(=O)[O-])c(F)c3)CCC2)cc1Cl. The Hall–Kier alpha value is -1.69. The molecule has 0 aliphatic heterocycles. The lowest BCUT2D eigenvalue weighted by Crippen LogP contribution is -1.98. The largest absolute Gasteiger partial charge is 0.772 e. The van der Waals surface area contributed by atoms with Gasteiger partial charge in [-0.3, -0.25) is 4.21 Å². The van der Waals surface area contributed by atoms with Crippen LogP contribution in [0.2, 0.25) is 5.02 Å². The molecule has 2 aromatic carbocycles. The van der Waals surface area contributed by atoms with E-state index in [2.05, 4.69) is 0 Å². The monoisotopic (exact) mass is 379 g/mol. The molecule has 0 fully saturated rings. The molecule has 2 aromatic rings. The zero-order chi connectivity index (χ0) is 18.0. The quantitative estimate of drug-likeness (QED) is 0.690. The highest BCUT2D eigenvalue weighted by molar-refractivity contribution is 7.78. The summed E-state index contributed by atoms with van der Waals surface area (Å²) < 4.78 is 41.0. The highest BCUT2D eigenvalue weighted by Crippen LogP contribution is 2.41. The van der Waals surface area contributed by atoms with E-state index in [1.54, 1.807) is 19.2 Å². The van der Waals surface area contributed by atoms with Crippen molar-refractivity contribution in [1.29, 1.82) is 0 Å². The molecule has 0 radical (unpaired) electrons. The molecule has 1 atom stereocenters. The summed E-state index contributed by atoms with van der Waals surface area (Å²) in [6.07, 6.45) is 2.74. The van der Waals surface area contributed by atoms with Gasteiger partial charge in [-0.15, -0.1) is 0 Å². The maximum Gasteiger partial charge on any atom is 0.137 e. The normalized spacial score (nSPS) is 15.5. The van der Waals surface area contributed by atoms with Crippen molar-refractivity contribution in [3.8, 4) is 5.75 Å². The molecular weight excluding hydrogens is 363 g/mol. The number of hydrogen-bond acceptors (Lipinski definition) is 3. The first-order chi connectivity index (χ1) is 12.0. The van der Waals surface area contributed by atoms with Gasteiger partial charge in [-0.25, -0.2) is 4.39 Å². The Labute approximate surface area is 153 Å². The van der Waals surface area contributed by atoms with Crippen LogP contribution in [-0.4, -0.2) is 15.9 Å². The van der Waals surface area contributed by atoms with Crippen LogP contribution in [0.15, 0.2) is 36.4 Å². The summed E-state index contributed by atoms with van der Waals surface area (Å²) in [5.41, 5.74) is 4.20. The predicted octanol–water partition coefficient (Wildman–Crippen LogP) is 4.96. The van der Waals surface area contributed by atoms with Crippen LogP contribution >= 0.6 is 11.6 Å². The van der Waals surface area contributed by atoms with Gasteiger partial charge in [0.25, 0.3) is 0 Å². The van der Waals surface area contributed by atoms with Crippen LogP contribution in [0.5, 0.6) is 5.75 Å². The zero-order valence-electron chi connectivity index (χ0n) is 13.7. The maximum absolute atomic E-state index is 14.2. The molecule has 6 heteroatoms. The van der Waals surface area contributed by atoms with Crippen molar-refractivity contribution >= 4 is 33.8 Å². The Morgan fingerprint density at radius 1 is 1.16 bits per heavy atom. The lowest BCUT2D eigenvalue weighted by molar-refractivity contribution is 0.415. The van der Waals surface area contributed by atoms with Crippen molar-refractivity contribution in [1.82, 2.24) is 0 Å². The number of allylic oxidation sites excluding steroid dienone is 2. The molecule has 3 nitrogen and oxygen atoms in total. The maximum atomic E-state index is 14.2. The van der Waals surface area contributed by atoms with E-state index < -0.39 is 16.9 Å². The molecule has 1 aliphatic rings. The number of methoxy groups -OCH3 is 1. The van der Waals surface area contributed by atoms with Crippen LogP contribution in [0, 0.1) is 5.82 Å². The fourth-order valence-electron chi connectivity index (χ4n) is 3.21. The first-order valence-corrected chi connectivity index (χ1v) is 9.52. The summed E-state index contributed by atoms with van der Waals surface area (Å²) in [6, 6.07) is 10.4. The molecule has 0 saturated heterocycles. The molecular formula is C19H17ClFO3S-. The topological polar surface area (TPSA) is 49.4 Å². The fraction of sp³-hybridized carbons (Fsp3) is 0.263. The summed E-state index contributed by atoms with van der Waals surface area (Å²) in [5, 5.41) is 0.540. The Morgan fingerprint density at radius 2 is 1.80 bits per heavy atom. The summed E-state index contributed by atoms with van der Waals surface area (Å²) in [6.45, 7) is 0. The van der Waals surface area contributed by atoms with Gasteiger partial charge in [-0.1, -0.05) is 40.9 Å². The molecule has 132 valence electrons. The van der Waals surface area contributed by atoms with Crippen LogP contribution < -0.4 is 4.74 Å². The van der Waals surface area contributed by atoms with Crippen LogP contribution in [0.4, 0.5) is 4.39 Å². The Balaban J connectivity index is 2.00. The average Bonchev–Trinajstić information content (AvgIpc) is 3.06. The van der Waals surface area contributed by atoms with Crippen LogP contribution in [-0.2, 0) is 16.8 Å². The first-order valence-electron chi connectivity index (χ1n) is 7.90. The van der Waals surface area contributed by atoms with Gasteiger partial charge in [-0.05, 0) is 65.3 Å². The van der Waals surface area contributed by atoms with Gasteiger partial charge in [0.1, 0.15) is 11.6 Å². The van der Waals surface area contributed by atoms with Crippen molar-refractivity contribution in [2.45, 2.75) is 25.0 Å². The average molecular weight is 380 g/mol.